The Kier molecular flexibility index (Phi) is 6.25. The summed E-state index contributed by atoms with van der Waals surface area (Å²) in [4.78, 5) is 38.8. The Morgan fingerprint density at radius 1 is 1.07 bits per heavy atom. The molecule has 30 heavy (non-hydrogen) atoms. The number of hydrogen-bond donors (Lipinski definition) is 0. The summed E-state index contributed by atoms with van der Waals surface area (Å²) in [5.41, 5.74) is -0.371. The summed E-state index contributed by atoms with van der Waals surface area (Å²) in [5, 5.41) is 0. The SMILES string of the molecule is CC(c1cc(F)ccc1F)N(C)C(=O)Cn1c(=O)ccn(Cc2ccccc2)c1=O. The van der Waals surface area contributed by atoms with E-state index in [1.54, 1.807) is 0 Å². The minimum absolute atomic E-state index is 0.00717. The lowest BCUT2D eigenvalue weighted by Gasteiger charge is -2.26. The van der Waals surface area contributed by atoms with Crippen LogP contribution < -0.4 is 11.2 Å². The zero-order valence-electron chi connectivity index (χ0n) is 16.6. The van der Waals surface area contributed by atoms with Crippen LogP contribution in [0.25, 0.3) is 0 Å². The molecule has 0 N–H and O–H groups in total. The van der Waals surface area contributed by atoms with Crippen molar-refractivity contribution in [3.05, 3.63) is 104 Å². The number of aromatic nitrogens is 2. The first kappa shape index (κ1) is 21.2. The van der Waals surface area contributed by atoms with Gasteiger partial charge < -0.3 is 4.90 Å². The van der Waals surface area contributed by atoms with Gasteiger partial charge in [0.25, 0.3) is 5.56 Å². The Labute approximate surface area is 171 Å². The fourth-order valence-electron chi connectivity index (χ4n) is 3.11. The van der Waals surface area contributed by atoms with Gasteiger partial charge in [0.1, 0.15) is 18.2 Å². The first-order chi connectivity index (χ1) is 14.3. The van der Waals surface area contributed by atoms with Crippen molar-refractivity contribution in [2.24, 2.45) is 0 Å². The third-order valence-corrected chi connectivity index (χ3v) is 5.01. The predicted octanol–water partition coefficient (Wildman–Crippen LogP) is 2.56. The predicted molar refractivity (Wildman–Crippen MR) is 108 cm³/mol. The molecule has 0 bridgehead atoms. The monoisotopic (exact) mass is 413 g/mol. The number of benzene rings is 2. The minimum atomic E-state index is -0.792. The lowest BCUT2D eigenvalue weighted by atomic mass is 10.1. The molecule has 3 aromatic rings. The number of carbonyl (C=O) groups excluding carboxylic acids is 1. The largest absolute Gasteiger partial charge is 0.337 e. The Morgan fingerprint density at radius 3 is 2.47 bits per heavy atom. The van der Waals surface area contributed by atoms with E-state index < -0.39 is 41.4 Å². The summed E-state index contributed by atoms with van der Waals surface area (Å²) in [6.07, 6.45) is 1.38. The van der Waals surface area contributed by atoms with Crippen LogP contribution >= 0.6 is 0 Å². The van der Waals surface area contributed by atoms with Crippen molar-refractivity contribution in [1.29, 1.82) is 0 Å². The van der Waals surface area contributed by atoms with Crippen LogP contribution in [0, 0.1) is 11.6 Å². The molecular weight excluding hydrogens is 392 g/mol. The van der Waals surface area contributed by atoms with E-state index in [4.69, 9.17) is 0 Å². The van der Waals surface area contributed by atoms with Crippen molar-refractivity contribution >= 4 is 5.91 Å². The van der Waals surface area contributed by atoms with E-state index in [1.807, 2.05) is 30.3 Å². The van der Waals surface area contributed by atoms with Crippen molar-refractivity contribution < 1.29 is 13.6 Å². The number of amides is 1. The highest BCUT2D eigenvalue weighted by atomic mass is 19.1. The zero-order chi connectivity index (χ0) is 21.8. The Hall–Kier alpha value is -3.55. The third-order valence-electron chi connectivity index (χ3n) is 5.01. The normalized spacial score (nSPS) is 11.9. The van der Waals surface area contributed by atoms with Crippen molar-refractivity contribution in [3.63, 3.8) is 0 Å². The smallest absolute Gasteiger partial charge is 0.331 e. The average Bonchev–Trinajstić information content (AvgIpc) is 2.74. The Morgan fingerprint density at radius 2 is 1.77 bits per heavy atom. The van der Waals surface area contributed by atoms with Gasteiger partial charge in [0.15, 0.2) is 0 Å². The van der Waals surface area contributed by atoms with Gasteiger partial charge in [0, 0.05) is 24.9 Å². The molecule has 0 aliphatic carbocycles. The highest BCUT2D eigenvalue weighted by molar-refractivity contribution is 5.76. The molecule has 0 aliphatic rings. The summed E-state index contributed by atoms with van der Waals surface area (Å²) in [5.74, 6) is -1.85. The van der Waals surface area contributed by atoms with Gasteiger partial charge in [-0.15, -0.1) is 0 Å². The molecule has 0 fully saturated rings. The summed E-state index contributed by atoms with van der Waals surface area (Å²) >= 11 is 0. The van der Waals surface area contributed by atoms with Crippen molar-refractivity contribution in [2.45, 2.75) is 26.1 Å². The molecule has 0 aliphatic heterocycles. The van der Waals surface area contributed by atoms with E-state index in [9.17, 15) is 23.2 Å². The van der Waals surface area contributed by atoms with Gasteiger partial charge in [-0.2, -0.15) is 0 Å². The van der Waals surface area contributed by atoms with E-state index in [0.717, 1.165) is 28.3 Å². The van der Waals surface area contributed by atoms with Crippen molar-refractivity contribution in [1.82, 2.24) is 14.0 Å². The summed E-state index contributed by atoms with van der Waals surface area (Å²) in [6.45, 7) is 1.27. The highest BCUT2D eigenvalue weighted by Crippen LogP contribution is 2.23. The first-order valence-electron chi connectivity index (χ1n) is 9.32. The molecule has 0 spiro atoms. The molecule has 3 rings (SSSR count). The molecule has 1 amide bonds. The van der Waals surface area contributed by atoms with Gasteiger partial charge in [0.05, 0.1) is 12.6 Å². The van der Waals surface area contributed by atoms with Crippen LogP contribution in [0.4, 0.5) is 8.78 Å². The zero-order valence-corrected chi connectivity index (χ0v) is 16.6. The maximum atomic E-state index is 14.0. The number of likely N-dealkylation sites (N-methyl/N-ethyl adjacent to an activating group) is 1. The summed E-state index contributed by atoms with van der Waals surface area (Å²) < 4.78 is 29.7. The number of halogens is 2. The molecule has 2 aromatic carbocycles. The molecule has 0 saturated heterocycles. The summed E-state index contributed by atoms with van der Waals surface area (Å²) in [7, 11) is 1.41. The van der Waals surface area contributed by atoms with E-state index in [2.05, 4.69) is 0 Å². The number of carbonyl (C=O) groups is 1. The second kappa shape index (κ2) is 8.86. The van der Waals surface area contributed by atoms with Crippen LogP contribution in [0.5, 0.6) is 0 Å². The van der Waals surface area contributed by atoms with E-state index >= 15 is 0 Å². The van der Waals surface area contributed by atoms with Gasteiger partial charge in [-0.05, 0) is 30.7 Å². The molecule has 1 unspecified atom stereocenters. The molecular formula is C22H21F2N3O3. The Bertz CT molecular complexity index is 1170. The quantitative estimate of drug-likeness (QED) is 0.624. The van der Waals surface area contributed by atoms with Crippen LogP contribution in [0.1, 0.15) is 24.1 Å². The molecule has 8 heteroatoms. The molecule has 1 atom stereocenters. The summed E-state index contributed by atoms with van der Waals surface area (Å²) in [6, 6.07) is 12.6. The third kappa shape index (κ3) is 4.53. The lowest BCUT2D eigenvalue weighted by molar-refractivity contribution is -0.132. The number of rotatable bonds is 6. The number of hydrogen-bond acceptors (Lipinski definition) is 3. The maximum absolute atomic E-state index is 14.0. The minimum Gasteiger partial charge on any atom is -0.337 e. The first-order valence-corrected chi connectivity index (χ1v) is 9.32. The molecule has 1 aromatic heterocycles. The van der Waals surface area contributed by atoms with Gasteiger partial charge in [0.2, 0.25) is 5.91 Å². The molecule has 156 valence electrons. The van der Waals surface area contributed by atoms with Crippen LogP contribution in [-0.4, -0.2) is 27.0 Å². The van der Waals surface area contributed by atoms with Crippen molar-refractivity contribution in [2.75, 3.05) is 7.05 Å². The fourth-order valence-corrected chi connectivity index (χ4v) is 3.11. The van der Waals surface area contributed by atoms with Gasteiger partial charge in [-0.25, -0.2) is 13.6 Å². The molecule has 1 heterocycles. The Balaban J connectivity index is 1.84. The van der Waals surface area contributed by atoms with Crippen LogP contribution in [0.15, 0.2) is 70.4 Å². The second-order valence-electron chi connectivity index (χ2n) is 6.98. The van der Waals surface area contributed by atoms with Gasteiger partial charge >= 0.3 is 5.69 Å². The lowest BCUT2D eigenvalue weighted by Crippen LogP contribution is -2.44. The molecule has 0 radical (unpaired) electrons. The van der Waals surface area contributed by atoms with E-state index in [0.29, 0.717) is 0 Å². The van der Waals surface area contributed by atoms with Crippen LogP contribution in [0.2, 0.25) is 0 Å². The van der Waals surface area contributed by atoms with Crippen LogP contribution in [0.3, 0.4) is 0 Å². The van der Waals surface area contributed by atoms with Gasteiger partial charge in [-0.3, -0.25) is 18.7 Å². The second-order valence-corrected chi connectivity index (χ2v) is 6.98. The molecule has 0 saturated carbocycles. The standard InChI is InChI=1S/C22H21F2N3O3/c1-15(18-12-17(23)8-9-19(18)24)25(2)21(29)14-27-20(28)10-11-26(22(27)30)13-16-6-4-3-5-7-16/h3-12,15H,13-14H2,1-2H3. The fraction of sp³-hybridized carbons (Fsp3) is 0.227. The van der Waals surface area contributed by atoms with Gasteiger partial charge in [-0.1, -0.05) is 30.3 Å². The topological polar surface area (TPSA) is 64.3 Å². The number of nitrogens with zero attached hydrogens (tertiary/aromatic N) is 3. The van der Waals surface area contributed by atoms with E-state index in [1.165, 1.54) is 35.7 Å². The molecule has 6 nitrogen and oxygen atoms in total. The highest BCUT2D eigenvalue weighted by Gasteiger charge is 2.22. The van der Waals surface area contributed by atoms with Crippen LogP contribution in [-0.2, 0) is 17.9 Å². The maximum Gasteiger partial charge on any atom is 0.331 e. The average molecular weight is 413 g/mol. The van der Waals surface area contributed by atoms with E-state index in [-0.39, 0.29) is 12.1 Å². The van der Waals surface area contributed by atoms with Crippen molar-refractivity contribution in [3.8, 4) is 0 Å².